The predicted octanol–water partition coefficient (Wildman–Crippen LogP) is 1.96. The highest BCUT2D eigenvalue weighted by Gasteiger charge is 2.36. The van der Waals surface area contributed by atoms with Crippen LogP contribution in [0.2, 0.25) is 0 Å². The number of rotatable bonds is 2. The maximum Gasteiger partial charge on any atom is 0.252 e. The summed E-state index contributed by atoms with van der Waals surface area (Å²) in [6.45, 7) is 4.97. The number of amides is 1. The van der Waals surface area contributed by atoms with Crippen LogP contribution >= 0.6 is 0 Å². The van der Waals surface area contributed by atoms with Crippen molar-refractivity contribution in [3.05, 3.63) is 29.8 Å². The van der Waals surface area contributed by atoms with Gasteiger partial charge in [-0.3, -0.25) is 9.63 Å². The highest BCUT2D eigenvalue weighted by atomic mass is 16.7. The normalized spacial score (nSPS) is 19.4. The molecule has 1 amide bonds. The molecule has 0 spiro atoms. The van der Waals surface area contributed by atoms with Crippen LogP contribution < -0.4 is 5.73 Å². The minimum absolute atomic E-state index is 0.0422. The smallest absolute Gasteiger partial charge is 0.252 e. The first-order valence-electron chi connectivity index (χ1n) is 5.78. The molecule has 0 unspecified atom stereocenters. The lowest BCUT2D eigenvalue weighted by atomic mass is 9.87. The van der Waals surface area contributed by atoms with Crippen molar-refractivity contribution in [1.82, 2.24) is 5.06 Å². The first kappa shape index (κ1) is 11.9. The van der Waals surface area contributed by atoms with Gasteiger partial charge in [-0.2, -0.15) is 0 Å². The van der Waals surface area contributed by atoms with Crippen LogP contribution in [0, 0.1) is 5.41 Å². The van der Waals surface area contributed by atoms with Crippen molar-refractivity contribution in [3.63, 3.8) is 0 Å². The van der Waals surface area contributed by atoms with Gasteiger partial charge in [0.05, 0.1) is 13.2 Å². The SMILES string of the molecule is CC1(C)CCON(Cc2ccc(N)cc2)C1=O. The predicted molar refractivity (Wildman–Crippen MR) is 65.8 cm³/mol. The number of nitrogens with two attached hydrogens (primary N) is 1. The second-order valence-electron chi connectivity index (χ2n) is 5.05. The number of hydrogen-bond donors (Lipinski definition) is 1. The Morgan fingerprint density at radius 1 is 1.35 bits per heavy atom. The Morgan fingerprint density at radius 2 is 2.00 bits per heavy atom. The Balaban J connectivity index is 2.08. The zero-order valence-electron chi connectivity index (χ0n) is 10.3. The Kier molecular flexibility index (Phi) is 3.07. The fraction of sp³-hybridized carbons (Fsp3) is 0.462. The highest BCUT2D eigenvalue weighted by molar-refractivity contribution is 5.81. The molecule has 17 heavy (non-hydrogen) atoms. The van der Waals surface area contributed by atoms with Gasteiger partial charge in [-0.05, 0) is 24.1 Å². The van der Waals surface area contributed by atoms with E-state index in [1.165, 1.54) is 5.06 Å². The van der Waals surface area contributed by atoms with Crippen molar-refractivity contribution in [3.8, 4) is 0 Å². The van der Waals surface area contributed by atoms with E-state index in [-0.39, 0.29) is 11.3 Å². The van der Waals surface area contributed by atoms with Crippen LogP contribution in [0.3, 0.4) is 0 Å². The van der Waals surface area contributed by atoms with E-state index in [2.05, 4.69) is 0 Å². The zero-order valence-corrected chi connectivity index (χ0v) is 10.3. The summed E-state index contributed by atoms with van der Waals surface area (Å²) in [5, 5.41) is 1.45. The average Bonchev–Trinajstić information content (AvgIpc) is 2.28. The third kappa shape index (κ3) is 2.58. The van der Waals surface area contributed by atoms with Gasteiger partial charge in [-0.25, -0.2) is 5.06 Å². The van der Waals surface area contributed by atoms with E-state index < -0.39 is 0 Å². The topological polar surface area (TPSA) is 55.6 Å². The van der Waals surface area contributed by atoms with Gasteiger partial charge in [0.1, 0.15) is 0 Å². The molecule has 92 valence electrons. The molecule has 0 aromatic heterocycles. The average molecular weight is 234 g/mol. The first-order chi connectivity index (χ1) is 7.99. The summed E-state index contributed by atoms with van der Waals surface area (Å²) in [4.78, 5) is 17.5. The molecule has 0 aliphatic carbocycles. The molecule has 1 aliphatic rings. The molecule has 0 radical (unpaired) electrons. The number of hydrogen-bond acceptors (Lipinski definition) is 3. The van der Waals surface area contributed by atoms with Crippen molar-refractivity contribution in [2.75, 3.05) is 12.3 Å². The lowest BCUT2D eigenvalue weighted by Crippen LogP contribution is -2.45. The molecule has 2 rings (SSSR count). The fourth-order valence-corrected chi connectivity index (χ4v) is 1.82. The molecule has 4 heteroatoms. The minimum Gasteiger partial charge on any atom is -0.399 e. The number of anilines is 1. The van der Waals surface area contributed by atoms with E-state index in [4.69, 9.17) is 10.6 Å². The van der Waals surface area contributed by atoms with Gasteiger partial charge >= 0.3 is 0 Å². The highest BCUT2D eigenvalue weighted by Crippen LogP contribution is 2.29. The summed E-state index contributed by atoms with van der Waals surface area (Å²) in [6.07, 6.45) is 0.768. The van der Waals surface area contributed by atoms with E-state index in [9.17, 15) is 4.79 Å². The molecular weight excluding hydrogens is 216 g/mol. The van der Waals surface area contributed by atoms with Crippen LogP contribution in [0.1, 0.15) is 25.8 Å². The molecule has 1 aliphatic heterocycles. The summed E-state index contributed by atoms with van der Waals surface area (Å²) in [7, 11) is 0. The first-order valence-corrected chi connectivity index (χ1v) is 5.78. The molecule has 1 fully saturated rings. The van der Waals surface area contributed by atoms with Crippen molar-refractivity contribution in [1.29, 1.82) is 0 Å². The molecule has 1 heterocycles. The van der Waals surface area contributed by atoms with Gasteiger partial charge in [-0.15, -0.1) is 0 Å². The monoisotopic (exact) mass is 234 g/mol. The molecule has 2 N–H and O–H groups in total. The largest absolute Gasteiger partial charge is 0.399 e. The number of carbonyl (C=O) groups excluding carboxylic acids is 1. The van der Waals surface area contributed by atoms with Crippen LogP contribution in [0.4, 0.5) is 5.69 Å². The molecule has 0 atom stereocenters. The van der Waals surface area contributed by atoms with Gasteiger partial charge < -0.3 is 5.73 Å². The van der Waals surface area contributed by atoms with Crippen LogP contribution in [0.25, 0.3) is 0 Å². The van der Waals surface area contributed by atoms with Crippen LogP contribution in [-0.4, -0.2) is 17.6 Å². The molecule has 0 bridgehead atoms. The van der Waals surface area contributed by atoms with E-state index in [1.54, 1.807) is 0 Å². The maximum absolute atomic E-state index is 12.1. The lowest BCUT2D eigenvalue weighted by Gasteiger charge is -2.36. The summed E-state index contributed by atoms with van der Waals surface area (Å²) >= 11 is 0. The Bertz CT molecular complexity index is 412. The van der Waals surface area contributed by atoms with E-state index in [0.717, 1.165) is 17.7 Å². The van der Waals surface area contributed by atoms with Crippen molar-refractivity contribution >= 4 is 11.6 Å². The van der Waals surface area contributed by atoms with Gasteiger partial charge in [0.15, 0.2) is 0 Å². The van der Waals surface area contributed by atoms with Crippen molar-refractivity contribution in [2.45, 2.75) is 26.8 Å². The Labute approximate surface area is 101 Å². The quantitative estimate of drug-likeness (QED) is 0.796. The number of benzene rings is 1. The molecule has 1 saturated heterocycles. The Hall–Kier alpha value is -1.55. The molecule has 0 saturated carbocycles. The van der Waals surface area contributed by atoms with Crippen molar-refractivity contribution < 1.29 is 9.63 Å². The van der Waals surface area contributed by atoms with Gasteiger partial charge in [0, 0.05) is 11.1 Å². The molecular formula is C13H18N2O2. The van der Waals surface area contributed by atoms with Crippen LogP contribution in [-0.2, 0) is 16.2 Å². The lowest BCUT2D eigenvalue weighted by molar-refractivity contribution is -0.218. The van der Waals surface area contributed by atoms with E-state index >= 15 is 0 Å². The molecule has 1 aromatic rings. The number of nitrogens with zero attached hydrogens (tertiary/aromatic N) is 1. The van der Waals surface area contributed by atoms with E-state index in [1.807, 2.05) is 38.1 Å². The maximum atomic E-state index is 12.1. The third-order valence-electron chi connectivity index (χ3n) is 3.09. The second kappa shape index (κ2) is 4.37. The van der Waals surface area contributed by atoms with E-state index in [0.29, 0.717) is 13.2 Å². The summed E-state index contributed by atoms with van der Waals surface area (Å²) in [6, 6.07) is 7.48. The third-order valence-corrected chi connectivity index (χ3v) is 3.09. The summed E-state index contributed by atoms with van der Waals surface area (Å²) in [5.41, 5.74) is 7.03. The standard InChI is InChI=1S/C13H18N2O2/c1-13(2)7-8-17-15(12(13)16)9-10-3-5-11(14)6-4-10/h3-6H,7-9,14H2,1-2H3. The zero-order chi connectivity index (χ0) is 12.5. The number of nitrogen functional groups attached to an aromatic ring is 1. The fourth-order valence-electron chi connectivity index (χ4n) is 1.82. The second-order valence-corrected chi connectivity index (χ2v) is 5.05. The molecule has 1 aromatic carbocycles. The molecule has 4 nitrogen and oxygen atoms in total. The van der Waals surface area contributed by atoms with Crippen LogP contribution in [0.15, 0.2) is 24.3 Å². The number of carbonyl (C=O) groups is 1. The minimum atomic E-state index is -0.327. The van der Waals surface area contributed by atoms with Gasteiger partial charge in [-0.1, -0.05) is 26.0 Å². The number of hydroxylamine groups is 2. The van der Waals surface area contributed by atoms with Crippen molar-refractivity contribution in [2.24, 2.45) is 5.41 Å². The summed E-state index contributed by atoms with van der Waals surface area (Å²) < 4.78 is 0. The summed E-state index contributed by atoms with van der Waals surface area (Å²) in [5.74, 6) is 0.0422. The van der Waals surface area contributed by atoms with Gasteiger partial charge in [0.25, 0.3) is 5.91 Å². The van der Waals surface area contributed by atoms with Crippen LogP contribution in [0.5, 0.6) is 0 Å². The Morgan fingerprint density at radius 3 is 2.65 bits per heavy atom. The van der Waals surface area contributed by atoms with Gasteiger partial charge in [0.2, 0.25) is 0 Å².